The van der Waals surface area contributed by atoms with Crippen molar-refractivity contribution in [3.8, 4) is 5.75 Å². The predicted molar refractivity (Wildman–Crippen MR) is 126 cm³/mol. The van der Waals surface area contributed by atoms with Crippen LogP contribution in [0.3, 0.4) is 0 Å². The van der Waals surface area contributed by atoms with E-state index in [-0.39, 0.29) is 10.7 Å². The number of nitrogens with one attached hydrogen (secondary N) is 1. The topological polar surface area (TPSA) is 102 Å². The smallest absolute Gasteiger partial charge is 0.266 e. The number of benzene rings is 3. The van der Waals surface area contributed by atoms with Crippen LogP contribution < -0.4 is 14.4 Å². The van der Waals surface area contributed by atoms with Crippen LogP contribution in [0.1, 0.15) is 12.7 Å². The monoisotopic (exact) mass is 465 g/mol. The molecule has 33 heavy (non-hydrogen) atoms. The molecule has 1 N–H and O–H groups in total. The average Bonchev–Trinajstić information content (AvgIpc) is 3.24. The van der Waals surface area contributed by atoms with Gasteiger partial charge in [0, 0.05) is 17.1 Å². The Morgan fingerprint density at radius 3 is 2.48 bits per heavy atom. The maximum Gasteiger partial charge on any atom is 0.266 e. The number of nitrogens with zero attached hydrogens (tertiary/aromatic N) is 2. The van der Waals surface area contributed by atoms with E-state index in [9.17, 15) is 13.2 Å². The molecule has 4 rings (SSSR count). The van der Waals surface area contributed by atoms with E-state index in [1.807, 2.05) is 25.1 Å². The molecule has 0 aliphatic rings. The Kier molecular flexibility index (Phi) is 6.32. The second-order valence-corrected chi connectivity index (χ2v) is 9.12. The molecule has 4 aromatic rings. The van der Waals surface area contributed by atoms with Gasteiger partial charge in [-0.2, -0.15) is 0 Å². The summed E-state index contributed by atoms with van der Waals surface area (Å²) in [6.45, 7) is 3.58. The van der Waals surface area contributed by atoms with Gasteiger partial charge in [-0.15, -0.1) is 0 Å². The number of aryl methyl sites for hydroxylation is 1. The number of rotatable bonds is 8. The van der Waals surface area contributed by atoms with Crippen LogP contribution in [0.15, 0.2) is 82.2 Å². The van der Waals surface area contributed by atoms with Gasteiger partial charge in [0.25, 0.3) is 10.0 Å². The molecule has 170 valence electrons. The molecule has 0 spiro atoms. The summed E-state index contributed by atoms with van der Waals surface area (Å²) in [5.41, 5.74) is 0.516. The lowest BCUT2D eigenvalue weighted by Crippen LogP contribution is -2.38. The summed E-state index contributed by atoms with van der Waals surface area (Å²) in [7, 11) is -4.14. The molecule has 0 atom stereocenters. The highest BCUT2D eigenvalue weighted by molar-refractivity contribution is 7.93. The normalized spacial score (nSPS) is 11.3. The van der Waals surface area contributed by atoms with Gasteiger partial charge in [0.05, 0.1) is 11.5 Å². The van der Waals surface area contributed by atoms with Gasteiger partial charge < -0.3 is 14.6 Å². The molecule has 9 heteroatoms. The average molecular weight is 466 g/mol. The summed E-state index contributed by atoms with van der Waals surface area (Å²) in [5, 5.41) is 7.90. The minimum atomic E-state index is -4.14. The number of fused-ring (bicyclic) bond motifs is 1. The van der Waals surface area contributed by atoms with Crippen molar-refractivity contribution in [2.24, 2.45) is 0 Å². The summed E-state index contributed by atoms with van der Waals surface area (Å²) in [4.78, 5) is 12.9. The van der Waals surface area contributed by atoms with Gasteiger partial charge in [-0.25, -0.2) is 12.7 Å². The van der Waals surface area contributed by atoms with E-state index < -0.39 is 22.5 Å². The Labute approximate surface area is 191 Å². The second kappa shape index (κ2) is 9.33. The number of ether oxygens (including phenoxy) is 1. The van der Waals surface area contributed by atoms with E-state index in [0.29, 0.717) is 29.2 Å². The molecule has 0 fully saturated rings. The Balaban J connectivity index is 1.66. The molecule has 0 aliphatic carbocycles. The highest BCUT2D eigenvalue weighted by atomic mass is 32.2. The molecule has 0 unspecified atom stereocenters. The molecule has 8 nitrogen and oxygen atoms in total. The van der Waals surface area contributed by atoms with Crippen molar-refractivity contribution in [2.45, 2.75) is 18.7 Å². The van der Waals surface area contributed by atoms with Crippen molar-refractivity contribution in [2.75, 3.05) is 22.8 Å². The number of sulfonamides is 1. The van der Waals surface area contributed by atoms with Gasteiger partial charge in [0.2, 0.25) is 5.91 Å². The van der Waals surface area contributed by atoms with E-state index in [2.05, 4.69) is 10.5 Å². The number of aromatic nitrogens is 1. The Hall–Kier alpha value is -3.85. The molecule has 0 saturated heterocycles. The molecular weight excluding hydrogens is 442 g/mol. The van der Waals surface area contributed by atoms with E-state index in [1.54, 1.807) is 49.4 Å². The van der Waals surface area contributed by atoms with Crippen molar-refractivity contribution in [1.82, 2.24) is 5.16 Å². The van der Waals surface area contributed by atoms with Crippen LogP contribution in [-0.4, -0.2) is 32.6 Å². The largest absolute Gasteiger partial charge is 0.494 e. The van der Waals surface area contributed by atoms with Crippen LogP contribution in [0.25, 0.3) is 10.8 Å². The fourth-order valence-electron chi connectivity index (χ4n) is 3.43. The quantitative estimate of drug-likeness (QED) is 0.415. The first-order valence-electron chi connectivity index (χ1n) is 10.3. The molecule has 0 radical (unpaired) electrons. The first kappa shape index (κ1) is 22.3. The van der Waals surface area contributed by atoms with E-state index in [0.717, 1.165) is 9.69 Å². The van der Waals surface area contributed by atoms with Crippen LogP contribution in [-0.2, 0) is 14.8 Å². The zero-order valence-electron chi connectivity index (χ0n) is 18.2. The van der Waals surface area contributed by atoms with Crippen LogP contribution >= 0.6 is 0 Å². The molecular formula is C24H23N3O5S. The molecule has 1 aromatic heterocycles. The third-order valence-corrected chi connectivity index (χ3v) is 6.73. The lowest BCUT2D eigenvalue weighted by molar-refractivity contribution is -0.114. The number of hydrogen-bond acceptors (Lipinski definition) is 6. The van der Waals surface area contributed by atoms with Gasteiger partial charge in [-0.05, 0) is 49.6 Å². The third kappa shape index (κ3) is 4.83. The SMILES string of the molecule is CCOc1ccc(NC(=O)CN(c2cc(C)on2)S(=O)(=O)c2cccc3ccccc23)cc1. The van der Waals surface area contributed by atoms with E-state index in [1.165, 1.54) is 12.1 Å². The summed E-state index contributed by atoms with van der Waals surface area (Å²) in [6, 6.07) is 20.5. The summed E-state index contributed by atoms with van der Waals surface area (Å²) in [6.07, 6.45) is 0. The summed E-state index contributed by atoms with van der Waals surface area (Å²) >= 11 is 0. The van der Waals surface area contributed by atoms with Crippen molar-refractivity contribution in [1.29, 1.82) is 0 Å². The highest BCUT2D eigenvalue weighted by Gasteiger charge is 2.31. The highest BCUT2D eigenvalue weighted by Crippen LogP contribution is 2.29. The molecule has 1 amide bonds. The molecule has 0 bridgehead atoms. The fourth-order valence-corrected chi connectivity index (χ4v) is 5.00. The Bertz CT molecular complexity index is 1380. The van der Waals surface area contributed by atoms with Crippen molar-refractivity contribution in [3.05, 3.63) is 78.6 Å². The van der Waals surface area contributed by atoms with Gasteiger partial charge in [0.1, 0.15) is 18.1 Å². The fraction of sp³-hybridized carbons (Fsp3) is 0.167. The van der Waals surface area contributed by atoms with Gasteiger partial charge in [-0.3, -0.25) is 4.79 Å². The van der Waals surface area contributed by atoms with Crippen LogP contribution in [0.2, 0.25) is 0 Å². The first-order chi connectivity index (χ1) is 15.9. The number of carbonyl (C=O) groups excluding carboxylic acids is 1. The second-order valence-electron chi connectivity index (χ2n) is 7.29. The number of anilines is 2. The molecule has 0 saturated carbocycles. The summed E-state index contributed by atoms with van der Waals surface area (Å²) in [5.74, 6) is 0.606. The van der Waals surface area contributed by atoms with Crippen molar-refractivity contribution >= 4 is 38.2 Å². The van der Waals surface area contributed by atoms with Gasteiger partial charge >= 0.3 is 0 Å². The number of amides is 1. The maximum atomic E-state index is 13.7. The number of carbonyl (C=O) groups is 1. The summed E-state index contributed by atoms with van der Waals surface area (Å²) < 4.78 is 38.9. The number of hydrogen-bond donors (Lipinski definition) is 1. The van der Waals surface area contributed by atoms with Crippen LogP contribution in [0.5, 0.6) is 5.75 Å². The lowest BCUT2D eigenvalue weighted by atomic mass is 10.1. The van der Waals surface area contributed by atoms with Crippen LogP contribution in [0, 0.1) is 6.92 Å². The lowest BCUT2D eigenvalue weighted by Gasteiger charge is -2.22. The van der Waals surface area contributed by atoms with Crippen molar-refractivity contribution in [3.63, 3.8) is 0 Å². The van der Waals surface area contributed by atoms with Gasteiger partial charge in [-0.1, -0.05) is 41.6 Å². The van der Waals surface area contributed by atoms with E-state index >= 15 is 0 Å². The molecule has 1 heterocycles. The van der Waals surface area contributed by atoms with E-state index in [4.69, 9.17) is 9.26 Å². The third-order valence-electron chi connectivity index (χ3n) is 4.93. The zero-order chi connectivity index (χ0) is 23.4. The maximum absolute atomic E-state index is 13.7. The molecule has 3 aromatic carbocycles. The zero-order valence-corrected chi connectivity index (χ0v) is 19.0. The Morgan fingerprint density at radius 2 is 1.79 bits per heavy atom. The Morgan fingerprint density at radius 1 is 1.06 bits per heavy atom. The molecule has 0 aliphatic heterocycles. The standard InChI is InChI=1S/C24H23N3O5S/c1-3-31-20-13-11-19(12-14-20)25-24(28)16-27(23-15-17(2)32-26-23)33(29,30)22-10-6-8-18-7-4-5-9-21(18)22/h4-15H,3,16H2,1-2H3,(H,25,28). The minimum Gasteiger partial charge on any atom is -0.494 e. The van der Waals surface area contributed by atoms with Crippen molar-refractivity contribution < 1.29 is 22.5 Å². The minimum absolute atomic E-state index is 0.0299. The van der Waals surface area contributed by atoms with Crippen LogP contribution in [0.4, 0.5) is 11.5 Å². The predicted octanol–water partition coefficient (Wildman–Crippen LogP) is 4.37. The first-order valence-corrected chi connectivity index (χ1v) is 11.8. The van der Waals surface area contributed by atoms with Gasteiger partial charge in [0.15, 0.2) is 5.82 Å².